The molecule has 31 heavy (non-hydrogen) atoms. The Morgan fingerprint density at radius 3 is 2.10 bits per heavy atom. The van der Waals surface area contributed by atoms with Crippen molar-refractivity contribution in [3.63, 3.8) is 0 Å². The lowest BCUT2D eigenvalue weighted by molar-refractivity contribution is 0.279. The average Bonchev–Trinajstić information content (AvgIpc) is 2.73. The largest absolute Gasteiger partial charge is 0.392 e. The summed E-state index contributed by atoms with van der Waals surface area (Å²) in [7, 11) is 0. The number of hydrogen-bond acceptors (Lipinski definition) is 2. The summed E-state index contributed by atoms with van der Waals surface area (Å²) in [5.74, 6) is 0.558. The summed E-state index contributed by atoms with van der Waals surface area (Å²) in [5, 5.41) is 10.5. The van der Waals surface area contributed by atoms with Crippen LogP contribution in [-0.2, 0) is 19.4 Å². The van der Waals surface area contributed by atoms with Gasteiger partial charge in [-0.3, -0.25) is 4.98 Å². The van der Waals surface area contributed by atoms with Gasteiger partial charge in [0.15, 0.2) is 0 Å². The van der Waals surface area contributed by atoms with Crippen LogP contribution in [0.3, 0.4) is 0 Å². The number of aliphatic hydroxyl groups excluding tert-OH is 1. The zero-order chi connectivity index (χ0) is 23.0. The SMILES string of the molecule is CCCCCc1c(C(C)C)nc(C(C)C)c(CO)c1-c1ccccc1CCCC(C)F. The number of unbranched alkanes of at least 4 members (excludes halogenated alkanes) is 2. The van der Waals surface area contributed by atoms with E-state index in [-0.39, 0.29) is 12.5 Å². The van der Waals surface area contributed by atoms with E-state index < -0.39 is 6.17 Å². The zero-order valence-electron chi connectivity index (χ0n) is 20.5. The molecule has 2 aromatic rings. The number of alkyl halides is 1. The Morgan fingerprint density at radius 1 is 0.871 bits per heavy atom. The van der Waals surface area contributed by atoms with E-state index in [0.717, 1.165) is 36.9 Å². The molecule has 1 N–H and O–H groups in total. The van der Waals surface area contributed by atoms with Crippen LogP contribution in [0.2, 0.25) is 0 Å². The molecule has 172 valence electrons. The van der Waals surface area contributed by atoms with Crippen LogP contribution in [0.1, 0.15) is 114 Å². The third kappa shape index (κ3) is 6.62. The number of nitrogens with zero attached hydrogens (tertiary/aromatic N) is 1. The number of pyridine rings is 1. The quantitative estimate of drug-likeness (QED) is 0.349. The minimum Gasteiger partial charge on any atom is -0.392 e. The first-order valence-corrected chi connectivity index (χ1v) is 12.2. The monoisotopic (exact) mass is 427 g/mol. The van der Waals surface area contributed by atoms with Crippen LogP contribution in [0.4, 0.5) is 4.39 Å². The Morgan fingerprint density at radius 2 is 1.52 bits per heavy atom. The summed E-state index contributed by atoms with van der Waals surface area (Å²) in [5.41, 5.74) is 8.05. The Balaban J connectivity index is 2.73. The van der Waals surface area contributed by atoms with Crippen molar-refractivity contribution in [2.45, 2.75) is 111 Å². The Bertz CT molecular complexity index is 826. The molecule has 0 radical (unpaired) electrons. The van der Waals surface area contributed by atoms with E-state index in [1.165, 1.54) is 40.8 Å². The van der Waals surface area contributed by atoms with Crippen LogP contribution in [0.5, 0.6) is 0 Å². The first-order chi connectivity index (χ1) is 14.8. The molecule has 3 heteroatoms. The molecule has 0 aliphatic rings. The Hall–Kier alpha value is -1.74. The number of aryl methyl sites for hydroxylation is 1. The number of hydrogen-bond donors (Lipinski definition) is 1. The highest BCUT2D eigenvalue weighted by Gasteiger charge is 2.24. The summed E-state index contributed by atoms with van der Waals surface area (Å²) in [6.07, 6.45) is 5.94. The molecule has 0 aliphatic carbocycles. The van der Waals surface area contributed by atoms with E-state index >= 15 is 0 Å². The van der Waals surface area contributed by atoms with Crippen molar-refractivity contribution in [1.82, 2.24) is 4.98 Å². The third-order valence-electron chi connectivity index (χ3n) is 6.08. The lowest BCUT2D eigenvalue weighted by Gasteiger charge is -2.25. The topological polar surface area (TPSA) is 33.1 Å². The molecule has 1 atom stereocenters. The Labute approximate surface area is 189 Å². The predicted octanol–water partition coefficient (Wildman–Crippen LogP) is 7.90. The second-order valence-corrected chi connectivity index (χ2v) is 9.47. The van der Waals surface area contributed by atoms with Crippen LogP contribution < -0.4 is 0 Å². The van der Waals surface area contributed by atoms with E-state index in [9.17, 15) is 9.50 Å². The van der Waals surface area contributed by atoms with E-state index in [0.29, 0.717) is 12.3 Å². The molecule has 0 spiro atoms. The van der Waals surface area contributed by atoms with Gasteiger partial charge in [0.05, 0.1) is 12.8 Å². The maximum atomic E-state index is 13.4. The van der Waals surface area contributed by atoms with Crippen molar-refractivity contribution in [1.29, 1.82) is 0 Å². The lowest BCUT2D eigenvalue weighted by Crippen LogP contribution is -2.13. The molecule has 0 saturated heterocycles. The molecule has 1 aromatic carbocycles. The van der Waals surface area contributed by atoms with Gasteiger partial charge < -0.3 is 5.11 Å². The van der Waals surface area contributed by atoms with Crippen LogP contribution >= 0.6 is 0 Å². The Kier molecular flexibility index (Phi) is 10.2. The van der Waals surface area contributed by atoms with Crippen LogP contribution in [0.15, 0.2) is 24.3 Å². The van der Waals surface area contributed by atoms with Crippen molar-refractivity contribution < 1.29 is 9.50 Å². The van der Waals surface area contributed by atoms with Gasteiger partial charge >= 0.3 is 0 Å². The van der Waals surface area contributed by atoms with Gasteiger partial charge in [0.25, 0.3) is 0 Å². The summed E-state index contributed by atoms with van der Waals surface area (Å²) in [4.78, 5) is 5.11. The van der Waals surface area contributed by atoms with Crippen molar-refractivity contribution in [2.24, 2.45) is 0 Å². The molecule has 0 amide bonds. The van der Waals surface area contributed by atoms with Crippen molar-refractivity contribution in [2.75, 3.05) is 0 Å². The molecule has 0 saturated carbocycles. The summed E-state index contributed by atoms with van der Waals surface area (Å²) < 4.78 is 13.4. The highest BCUT2D eigenvalue weighted by molar-refractivity contribution is 5.76. The molecule has 1 unspecified atom stereocenters. The second kappa shape index (κ2) is 12.3. The smallest absolute Gasteiger partial charge is 0.0973 e. The molecule has 1 aromatic heterocycles. The predicted molar refractivity (Wildman–Crippen MR) is 131 cm³/mol. The van der Waals surface area contributed by atoms with Gasteiger partial charge in [0, 0.05) is 17.0 Å². The number of benzene rings is 1. The minimum absolute atomic E-state index is 0.00908. The highest BCUT2D eigenvalue weighted by atomic mass is 19.1. The van der Waals surface area contributed by atoms with Crippen LogP contribution in [0.25, 0.3) is 11.1 Å². The summed E-state index contributed by atoms with van der Waals surface area (Å²) in [6.45, 7) is 12.6. The molecule has 0 fully saturated rings. The first kappa shape index (κ1) is 25.5. The normalized spacial score (nSPS) is 12.7. The van der Waals surface area contributed by atoms with E-state index in [4.69, 9.17) is 4.98 Å². The van der Waals surface area contributed by atoms with Crippen LogP contribution in [-0.4, -0.2) is 16.3 Å². The fourth-order valence-electron chi connectivity index (χ4n) is 4.50. The van der Waals surface area contributed by atoms with Gasteiger partial charge in [-0.25, -0.2) is 4.39 Å². The van der Waals surface area contributed by atoms with E-state index in [1.807, 2.05) is 0 Å². The number of aliphatic hydroxyl groups is 1. The van der Waals surface area contributed by atoms with Gasteiger partial charge in [-0.05, 0) is 73.1 Å². The molecular formula is C28H42FNO. The van der Waals surface area contributed by atoms with Gasteiger partial charge in [-0.15, -0.1) is 0 Å². The highest BCUT2D eigenvalue weighted by Crippen LogP contribution is 2.39. The maximum absolute atomic E-state index is 13.4. The second-order valence-electron chi connectivity index (χ2n) is 9.47. The molecule has 2 nitrogen and oxygen atoms in total. The lowest BCUT2D eigenvalue weighted by atomic mass is 9.83. The number of aromatic nitrogens is 1. The summed E-state index contributed by atoms with van der Waals surface area (Å²) in [6, 6.07) is 8.50. The third-order valence-corrected chi connectivity index (χ3v) is 6.08. The van der Waals surface area contributed by atoms with Gasteiger partial charge in [-0.2, -0.15) is 0 Å². The standard InChI is InChI=1S/C28H42FNO/c1-7-8-9-17-24-26(23-16-11-10-14-22(23)15-12-13-21(6)29)25(18-31)28(20(4)5)30-27(24)19(2)3/h10-11,14,16,19-21,31H,7-9,12-13,15,17-18H2,1-6H3. The van der Waals surface area contributed by atoms with Crippen molar-refractivity contribution >= 4 is 0 Å². The molecule has 2 rings (SSSR count). The molecule has 1 heterocycles. The molecule has 0 bridgehead atoms. The fourth-order valence-corrected chi connectivity index (χ4v) is 4.50. The first-order valence-electron chi connectivity index (χ1n) is 12.2. The van der Waals surface area contributed by atoms with Gasteiger partial charge in [0.2, 0.25) is 0 Å². The summed E-state index contributed by atoms with van der Waals surface area (Å²) >= 11 is 0. The number of halogens is 1. The fraction of sp³-hybridized carbons (Fsp3) is 0.607. The average molecular weight is 428 g/mol. The molecule has 0 aliphatic heterocycles. The minimum atomic E-state index is -0.772. The van der Waals surface area contributed by atoms with E-state index in [1.54, 1.807) is 6.92 Å². The molecular weight excluding hydrogens is 385 g/mol. The number of rotatable bonds is 12. The van der Waals surface area contributed by atoms with Crippen LogP contribution in [0, 0.1) is 0 Å². The van der Waals surface area contributed by atoms with Crippen molar-refractivity contribution in [3.05, 3.63) is 52.3 Å². The van der Waals surface area contributed by atoms with E-state index in [2.05, 4.69) is 58.9 Å². The van der Waals surface area contributed by atoms with Gasteiger partial charge in [0.1, 0.15) is 0 Å². The van der Waals surface area contributed by atoms with Crippen molar-refractivity contribution in [3.8, 4) is 11.1 Å². The maximum Gasteiger partial charge on any atom is 0.0973 e. The zero-order valence-corrected chi connectivity index (χ0v) is 20.5. The van der Waals surface area contributed by atoms with Gasteiger partial charge in [-0.1, -0.05) is 71.7 Å².